The van der Waals surface area contributed by atoms with Gasteiger partial charge < -0.3 is 0 Å². The van der Waals surface area contributed by atoms with E-state index in [0.717, 1.165) is 12.0 Å². The van der Waals surface area contributed by atoms with Crippen molar-refractivity contribution in [3.05, 3.63) is 29.3 Å². The van der Waals surface area contributed by atoms with Gasteiger partial charge in [-0.3, -0.25) is 4.72 Å². The van der Waals surface area contributed by atoms with Crippen LogP contribution in [0.25, 0.3) is 0 Å². The second-order valence-corrected chi connectivity index (χ2v) is 6.23. The average Bonchev–Trinajstić information content (AvgIpc) is 2.21. The van der Waals surface area contributed by atoms with Gasteiger partial charge in [-0.25, -0.2) is 8.42 Å². The predicted molar refractivity (Wildman–Crippen MR) is 72.9 cm³/mol. The zero-order valence-corrected chi connectivity index (χ0v) is 11.6. The number of aryl methyl sites for hydroxylation is 2. The lowest BCUT2D eigenvalue weighted by Crippen LogP contribution is -2.10. The minimum atomic E-state index is -3.18. The maximum Gasteiger partial charge on any atom is 0.229 e. The van der Waals surface area contributed by atoms with E-state index in [9.17, 15) is 8.42 Å². The Balaban J connectivity index is 2.72. The Kier molecular flexibility index (Phi) is 5.00. The van der Waals surface area contributed by atoms with Crippen molar-refractivity contribution in [3.8, 4) is 0 Å². The summed E-state index contributed by atoms with van der Waals surface area (Å²) >= 11 is 0. The van der Waals surface area contributed by atoms with Gasteiger partial charge in [-0.2, -0.15) is 0 Å². The van der Waals surface area contributed by atoms with E-state index in [0.29, 0.717) is 5.69 Å². The summed E-state index contributed by atoms with van der Waals surface area (Å²) in [7, 11) is -3.18. The molecular weight excluding hydrogens is 234 g/mol. The molecule has 1 rings (SSSR count). The largest absolute Gasteiger partial charge is 0.284 e. The van der Waals surface area contributed by atoms with Crippen molar-refractivity contribution in [2.45, 2.75) is 39.5 Å². The first-order valence-corrected chi connectivity index (χ1v) is 7.89. The van der Waals surface area contributed by atoms with Gasteiger partial charge in [0.2, 0.25) is 10.0 Å². The topological polar surface area (TPSA) is 46.2 Å². The van der Waals surface area contributed by atoms with Gasteiger partial charge in [0.1, 0.15) is 0 Å². The number of unbranched alkanes of at least 4 members (excludes halogenated alkanes) is 2. The number of benzene rings is 1. The maximum atomic E-state index is 11.1. The fraction of sp³-hybridized carbons (Fsp3) is 0.538. The van der Waals surface area contributed by atoms with Gasteiger partial charge in [0.25, 0.3) is 0 Å². The summed E-state index contributed by atoms with van der Waals surface area (Å²) in [6.07, 6.45) is 5.87. The second-order valence-electron chi connectivity index (χ2n) is 4.48. The minimum absolute atomic E-state index is 0.673. The maximum absolute atomic E-state index is 11.1. The molecule has 0 atom stereocenters. The van der Waals surface area contributed by atoms with E-state index < -0.39 is 10.0 Å². The molecule has 0 aliphatic carbocycles. The Morgan fingerprint density at radius 3 is 2.47 bits per heavy atom. The van der Waals surface area contributed by atoms with Crippen LogP contribution in [0, 0.1) is 6.92 Å². The molecule has 0 bridgehead atoms. The molecular formula is C13H21NO2S. The van der Waals surface area contributed by atoms with Gasteiger partial charge in [0.05, 0.1) is 11.9 Å². The number of sulfonamides is 1. The Bertz CT molecular complexity index is 466. The highest BCUT2D eigenvalue weighted by atomic mass is 32.2. The van der Waals surface area contributed by atoms with Crippen molar-refractivity contribution in [2.75, 3.05) is 11.0 Å². The number of hydrogen-bond donors (Lipinski definition) is 1. The molecule has 0 aromatic heterocycles. The van der Waals surface area contributed by atoms with E-state index >= 15 is 0 Å². The molecule has 17 heavy (non-hydrogen) atoms. The fourth-order valence-electron chi connectivity index (χ4n) is 1.77. The summed E-state index contributed by atoms with van der Waals surface area (Å²) in [5, 5.41) is 0. The van der Waals surface area contributed by atoms with Crippen LogP contribution in [0.4, 0.5) is 5.69 Å². The van der Waals surface area contributed by atoms with Crippen molar-refractivity contribution in [1.82, 2.24) is 0 Å². The highest BCUT2D eigenvalue weighted by Gasteiger charge is 2.05. The Morgan fingerprint density at radius 1 is 1.24 bits per heavy atom. The highest BCUT2D eigenvalue weighted by Crippen LogP contribution is 2.18. The minimum Gasteiger partial charge on any atom is -0.284 e. The van der Waals surface area contributed by atoms with E-state index in [1.165, 1.54) is 31.1 Å². The van der Waals surface area contributed by atoms with Gasteiger partial charge in [-0.15, -0.1) is 0 Å². The molecule has 0 fully saturated rings. The van der Waals surface area contributed by atoms with Crippen LogP contribution >= 0.6 is 0 Å². The molecule has 96 valence electrons. The van der Waals surface area contributed by atoms with Gasteiger partial charge in [0, 0.05) is 0 Å². The Morgan fingerprint density at radius 2 is 1.94 bits per heavy atom. The summed E-state index contributed by atoms with van der Waals surface area (Å²) in [6.45, 7) is 4.11. The van der Waals surface area contributed by atoms with Crippen LogP contribution in [0.2, 0.25) is 0 Å². The monoisotopic (exact) mass is 255 g/mol. The molecule has 0 aliphatic heterocycles. The molecule has 1 N–H and O–H groups in total. The Labute approximate surface area is 104 Å². The third kappa shape index (κ3) is 5.22. The molecule has 0 spiro atoms. The number of rotatable bonds is 6. The normalized spacial score (nSPS) is 11.5. The summed E-state index contributed by atoms with van der Waals surface area (Å²) in [5.74, 6) is 0. The number of hydrogen-bond acceptors (Lipinski definition) is 2. The predicted octanol–water partition coefficient (Wildman–Crippen LogP) is 3.10. The molecule has 3 nitrogen and oxygen atoms in total. The number of anilines is 1. The first kappa shape index (κ1) is 14.0. The molecule has 0 aliphatic rings. The van der Waals surface area contributed by atoms with Crippen molar-refractivity contribution in [1.29, 1.82) is 0 Å². The average molecular weight is 255 g/mol. The summed E-state index contributed by atoms with van der Waals surface area (Å²) in [6, 6.07) is 5.90. The quantitative estimate of drug-likeness (QED) is 0.794. The molecule has 0 unspecified atom stereocenters. The molecule has 1 aromatic carbocycles. The van der Waals surface area contributed by atoms with Crippen LogP contribution in [0.5, 0.6) is 0 Å². The fourth-order valence-corrected chi connectivity index (χ4v) is 2.40. The van der Waals surface area contributed by atoms with E-state index in [-0.39, 0.29) is 0 Å². The Hall–Kier alpha value is -1.03. The van der Waals surface area contributed by atoms with Crippen molar-refractivity contribution in [2.24, 2.45) is 0 Å². The van der Waals surface area contributed by atoms with Crippen molar-refractivity contribution < 1.29 is 8.42 Å². The van der Waals surface area contributed by atoms with Crippen LogP contribution in [0.15, 0.2) is 18.2 Å². The van der Waals surface area contributed by atoms with Gasteiger partial charge in [-0.05, 0) is 37.0 Å². The van der Waals surface area contributed by atoms with Crippen LogP contribution in [0.3, 0.4) is 0 Å². The molecule has 1 aromatic rings. The van der Waals surface area contributed by atoms with E-state index in [4.69, 9.17) is 0 Å². The van der Waals surface area contributed by atoms with Crippen LogP contribution in [0.1, 0.15) is 37.3 Å². The third-order valence-corrected chi connectivity index (χ3v) is 3.25. The van der Waals surface area contributed by atoms with E-state index in [1.807, 2.05) is 19.1 Å². The summed E-state index contributed by atoms with van der Waals surface area (Å²) < 4.78 is 24.8. The van der Waals surface area contributed by atoms with E-state index in [1.54, 1.807) is 0 Å². The first-order valence-electron chi connectivity index (χ1n) is 5.99. The second kappa shape index (κ2) is 6.05. The number of nitrogens with one attached hydrogen (secondary N) is 1. The molecule has 0 saturated heterocycles. The molecule has 0 saturated carbocycles. The lowest BCUT2D eigenvalue weighted by Gasteiger charge is -2.09. The SMILES string of the molecule is CCCCCc1ccc(NS(C)(=O)=O)c(C)c1. The molecule has 0 amide bonds. The van der Waals surface area contributed by atoms with Gasteiger partial charge in [0.15, 0.2) is 0 Å². The molecule has 4 heteroatoms. The van der Waals surface area contributed by atoms with Crippen molar-refractivity contribution >= 4 is 15.7 Å². The third-order valence-electron chi connectivity index (χ3n) is 2.66. The lowest BCUT2D eigenvalue weighted by atomic mass is 10.0. The zero-order chi connectivity index (χ0) is 12.9. The zero-order valence-electron chi connectivity index (χ0n) is 10.8. The summed E-state index contributed by atoms with van der Waals surface area (Å²) in [4.78, 5) is 0. The molecule has 0 radical (unpaired) electrons. The van der Waals surface area contributed by atoms with Crippen LogP contribution < -0.4 is 4.72 Å². The lowest BCUT2D eigenvalue weighted by molar-refractivity contribution is 0.606. The summed E-state index contributed by atoms with van der Waals surface area (Å²) in [5.41, 5.74) is 2.92. The van der Waals surface area contributed by atoms with Crippen molar-refractivity contribution in [3.63, 3.8) is 0 Å². The van der Waals surface area contributed by atoms with E-state index in [2.05, 4.69) is 17.7 Å². The highest BCUT2D eigenvalue weighted by molar-refractivity contribution is 7.92. The first-order chi connectivity index (χ1) is 7.92. The van der Waals surface area contributed by atoms with Crippen LogP contribution in [-0.4, -0.2) is 14.7 Å². The molecule has 0 heterocycles. The standard InChI is InChI=1S/C13H21NO2S/c1-4-5-6-7-12-8-9-13(11(2)10-12)14-17(3,15)16/h8-10,14H,4-7H2,1-3H3. The van der Waals surface area contributed by atoms with Crippen LogP contribution in [-0.2, 0) is 16.4 Å². The van der Waals surface area contributed by atoms with Gasteiger partial charge >= 0.3 is 0 Å². The van der Waals surface area contributed by atoms with Gasteiger partial charge in [-0.1, -0.05) is 31.9 Å². The smallest absolute Gasteiger partial charge is 0.229 e.